The van der Waals surface area contributed by atoms with Crippen LogP contribution in [-0.4, -0.2) is 28.5 Å². The number of hydrogen-bond donors (Lipinski definition) is 1. The van der Waals surface area contributed by atoms with Gasteiger partial charge in [-0.25, -0.2) is 0 Å². The third-order valence-corrected chi connectivity index (χ3v) is 5.62. The van der Waals surface area contributed by atoms with Crippen LogP contribution in [0.5, 0.6) is 0 Å². The van der Waals surface area contributed by atoms with E-state index in [1.165, 1.54) is 5.56 Å². The Balaban J connectivity index is 1.65. The Hall–Kier alpha value is -2.13. The van der Waals surface area contributed by atoms with E-state index in [2.05, 4.69) is 34.8 Å². The maximum absolute atomic E-state index is 12.5. The number of imide groups is 1. The van der Waals surface area contributed by atoms with Gasteiger partial charge in [-0.05, 0) is 82.2 Å². The molecule has 1 aliphatic heterocycles. The third kappa shape index (κ3) is 4.98. The minimum absolute atomic E-state index is 0.301. The summed E-state index contributed by atoms with van der Waals surface area (Å²) in [5.41, 5.74) is 2.64. The Kier molecular flexibility index (Phi) is 6.33. The molecule has 27 heavy (non-hydrogen) atoms. The Morgan fingerprint density at radius 1 is 1.11 bits per heavy atom. The van der Waals surface area contributed by atoms with Crippen LogP contribution in [0.4, 0.5) is 10.5 Å². The van der Waals surface area contributed by atoms with E-state index < -0.39 is 17.1 Å². The molecule has 0 aromatic heterocycles. The smallest absolute Gasteiger partial charge is 0.294 e. The molecule has 3 amide bonds. The zero-order chi connectivity index (χ0) is 19.4. The number of carbonyl (C=O) groups is 3. The average Bonchev–Trinajstić information content (AvgIpc) is 2.91. The minimum atomic E-state index is -0.444. The quantitative estimate of drug-likeness (QED) is 0.492. The predicted molar refractivity (Wildman–Crippen MR) is 116 cm³/mol. The van der Waals surface area contributed by atoms with Gasteiger partial charge in [-0.3, -0.25) is 19.3 Å². The highest BCUT2D eigenvalue weighted by Crippen LogP contribution is 2.32. The molecule has 1 N–H and O–H groups in total. The standard InChI is InChI=1S/C20H17IN2O3S/c1-2-13-5-9-16(10-6-13)22-18(24)12-23-19(25)17(27-20(23)26)11-14-3-7-15(21)8-4-14/h3-11H,2,12H2,1H3,(H,22,24)/b17-11+. The van der Waals surface area contributed by atoms with Crippen LogP contribution in [0.1, 0.15) is 18.1 Å². The summed E-state index contributed by atoms with van der Waals surface area (Å²) < 4.78 is 1.08. The van der Waals surface area contributed by atoms with E-state index >= 15 is 0 Å². The number of aryl methyl sites for hydroxylation is 1. The molecule has 0 aliphatic carbocycles. The SMILES string of the molecule is CCc1ccc(NC(=O)CN2C(=O)S/C(=C/c3ccc(I)cc3)C2=O)cc1. The largest absolute Gasteiger partial charge is 0.325 e. The fourth-order valence-corrected chi connectivity index (χ4v) is 3.71. The van der Waals surface area contributed by atoms with E-state index in [0.29, 0.717) is 10.6 Å². The van der Waals surface area contributed by atoms with Gasteiger partial charge in [-0.1, -0.05) is 31.2 Å². The number of carbonyl (C=O) groups excluding carboxylic acids is 3. The van der Waals surface area contributed by atoms with Crippen LogP contribution >= 0.6 is 34.4 Å². The van der Waals surface area contributed by atoms with Crippen molar-refractivity contribution in [2.45, 2.75) is 13.3 Å². The van der Waals surface area contributed by atoms with Crippen LogP contribution < -0.4 is 5.32 Å². The molecule has 1 saturated heterocycles. The van der Waals surface area contributed by atoms with Gasteiger partial charge in [-0.2, -0.15) is 0 Å². The number of hydrogen-bond acceptors (Lipinski definition) is 4. The van der Waals surface area contributed by atoms with Crippen molar-refractivity contribution in [3.05, 3.63) is 68.1 Å². The molecule has 1 fully saturated rings. The molecule has 0 bridgehead atoms. The van der Waals surface area contributed by atoms with Crippen molar-refractivity contribution in [3.8, 4) is 0 Å². The Labute approximate surface area is 175 Å². The summed E-state index contributed by atoms with van der Waals surface area (Å²) in [6.45, 7) is 1.75. The first-order valence-corrected chi connectivity index (χ1v) is 10.3. The summed E-state index contributed by atoms with van der Waals surface area (Å²) in [6, 6.07) is 15.1. The lowest BCUT2D eigenvalue weighted by atomic mass is 10.1. The summed E-state index contributed by atoms with van der Waals surface area (Å²) >= 11 is 3.05. The van der Waals surface area contributed by atoms with Gasteiger partial charge in [0, 0.05) is 9.26 Å². The van der Waals surface area contributed by atoms with Crippen LogP contribution in [0, 0.1) is 3.57 Å². The van der Waals surface area contributed by atoms with E-state index in [1.807, 2.05) is 36.4 Å². The Bertz CT molecular complexity index is 908. The lowest BCUT2D eigenvalue weighted by molar-refractivity contribution is -0.127. The van der Waals surface area contributed by atoms with Gasteiger partial charge in [0.15, 0.2) is 0 Å². The Morgan fingerprint density at radius 3 is 2.41 bits per heavy atom. The molecule has 0 radical (unpaired) electrons. The monoisotopic (exact) mass is 492 g/mol. The van der Waals surface area contributed by atoms with Crippen molar-refractivity contribution in [1.82, 2.24) is 4.90 Å². The second-order valence-electron chi connectivity index (χ2n) is 5.92. The van der Waals surface area contributed by atoms with Crippen molar-refractivity contribution in [3.63, 3.8) is 0 Å². The predicted octanol–water partition coefficient (Wildman–Crippen LogP) is 4.53. The van der Waals surface area contributed by atoms with E-state index in [1.54, 1.807) is 18.2 Å². The van der Waals surface area contributed by atoms with Crippen molar-refractivity contribution in [1.29, 1.82) is 0 Å². The second kappa shape index (κ2) is 8.71. The van der Waals surface area contributed by atoms with Crippen LogP contribution in [-0.2, 0) is 16.0 Å². The van der Waals surface area contributed by atoms with Gasteiger partial charge >= 0.3 is 0 Å². The van der Waals surface area contributed by atoms with Crippen LogP contribution in [0.2, 0.25) is 0 Å². The van der Waals surface area contributed by atoms with Gasteiger partial charge in [-0.15, -0.1) is 0 Å². The zero-order valence-electron chi connectivity index (χ0n) is 14.6. The number of nitrogens with one attached hydrogen (secondary N) is 1. The summed E-state index contributed by atoms with van der Waals surface area (Å²) in [7, 11) is 0. The molecule has 0 spiro atoms. The molecule has 0 saturated carbocycles. The highest BCUT2D eigenvalue weighted by molar-refractivity contribution is 14.1. The zero-order valence-corrected chi connectivity index (χ0v) is 17.5. The van der Waals surface area contributed by atoms with Gasteiger partial charge < -0.3 is 5.32 Å². The molecule has 3 rings (SSSR count). The molecule has 5 nitrogen and oxygen atoms in total. The number of nitrogens with zero attached hydrogens (tertiary/aromatic N) is 1. The molecule has 1 heterocycles. The number of rotatable bonds is 5. The van der Waals surface area contributed by atoms with Crippen LogP contribution in [0.25, 0.3) is 6.08 Å². The first-order chi connectivity index (χ1) is 13.0. The van der Waals surface area contributed by atoms with Crippen molar-refractivity contribution in [2.24, 2.45) is 0 Å². The molecule has 2 aromatic carbocycles. The maximum atomic E-state index is 12.5. The summed E-state index contributed by atoms with van der Waals surface area (Å²) in [5.74, 6) is -0.850. The van der Waals surface area contributed by atoms with Crippen molar-refractivity contribution < 1.29 is 14.4 Å². The molecule has 7 heteroatoms. The topological polar surface area (TPSA) is 66.5 Å². The molecule has 138 valence electrons. The van der Waals surface area contributed by atoms with Crippen LogP contribution in [0.15, 0.2) is 53.4 Å². The number of thioether (sulfide) groups is 1. The Morgan fingerprint density at radius 2 is 1.78 bits per heavy atom. The number of benzene rings is 2. The minimum Gasteiger partial charge on any atom is -0.325 e. The molecular weight excluding hydrogens is 475 g/mol. The number of amides is 3. The van der Waals surface area contributed by atoms with Gasteiger partial charge in [0.2, 0.25) is 5.91 Å². The summed E-state index contributed by atoms with van der Waals surface area (Å²) in [5, 5.41) is 2.28. The summed E-state index contributed by atoms with van der Waals surface area (Å²) in [4.78, 5) is 38.2. The van der Waals surface area contributed by atoms with Gasteiger partial charge in [0.05, 0.1) is 4.91 Å². The highest BCUT2D eigenvalue weighted by atomic mass is 127. The van der Waals surface area contributed by atoms with Crippen molar-refractivity contribution in [2.75, 3.05) is 11.9 Å². The highest BCUT2D eigenvalue weighted by Gasteiger charge is 2.36. The first kappa shape index (κ1) is 19.6. The van der Waals surface area contributed by atoms with Gasteiger partial charge in [0.1, 0.15) is 6.54 Å². The fraction of sp³-hybridized carbons (Fsp3) is 0.150. The first-order valence-electron chi connectivity index (χ1n) is 8.36. The van der Waals surface area contributed by atoms with E-state index in [4.69, 9.17) is 0 Å². The molecule has 0 unspecified atom stereocenters. The maximum Gasteiger partial charge on any atom is 0.294 e. The molecule has 2 aromatic rings. The van der Waals surface area contributed by atoms with Crippen LogP contribution in [0.3, 0.4) is 0 Å². The lowest BCUT2D eigenvalue weighted by Crippen LogP contribution is -2.36. The fourth-order valence-electron chi connectivity index (χ4n) is 2.51. The second-order valence-corrected chi connectivity index (χ2v) is 8.16. The van der Waals surface area contributed by atoms with E-state index in [-0.39, 0.29) is 6.54 Å². The summed E-state index contributed by atoms with van der Waals surface area (Å²) in [6.07, 6.45) is 2.58. The molecular formula is C20H17IN2O3S. The normalized spacial score (nSPS) is 15.5. The third-order valence-electron chi connectivity index (χ3n) is 3.99. The average molecular weight is 492 g/mol. The van der Waals surface area contributed by atoms with Gasteiger partial charge in [0.25, 0.3) is 11.1 Å². The van der Waals surface area contributed by atoms with E-state index in [9.17, 15) is 14.4 Å². The van der Waals surface area contributed by atoms with E-state index in [0.717, 1.165) is 32.2 Å². The number of halogens is 1. The molecule has 1 aliphatic rings. The van der Waals surface area contributed by atoms with Crippen molar-refractivity contribution >= 4 is 63.2 Å². The number of anilines is 1. The molecule has 0 atom stereocenters. The lowest BCUT2D eigenvalue weighted by Gasteiger charge is -2.12.